The van der Waals surface area contributed by atoms with Crippen LogP contribution in [0.4, 0.5) is 0 Å². The summed E-state index contributed by atoms with van der Waals surface area (Å²) < 4.78 is 6.07. The smallest absolute Gasteiger partial charge is 0.135 e. The van der Waals surface area contributed by atoms with Crippen LogP contribution in [-0.4, -0.2) is 0 Å². The molecule has 106 valence electrons. The molecule has 1 aliphatic rings. The fourth-order valence-corrected chi connectivity index (χ4v) is 2.91. The summed E-state index contributed by atoms with van der Waals surface area (Å²) in [5.41, 5.74) is 4.82. The Morgan fingerprint density at radius 3 is 2.41 bits per heavy atom. The van der Waals surface area contributed by atoms with Gasteiger partial charge in [-0.1, -0.05) is 66.7 Å². The van der Waals surface area contributed by atoms with Gasteiger partial charge in [0.05, 0.1) is 0 Å². The van der Waals surface area contributed by atoms with Crippen molar-refractivity contribution in [1.29, 1.82) is 0 Å². The van der Waals surface area contributed by atoms with Crippen LogP contribution in [0, 0.1) is 6.92 Å². The normalized spacial score (nSPS) is 12.3. The number of hydrogen-bond acceptors (Lipinski definition) is 1. The second-order valence-corrected chi connectivity index (χ2v) is 5.67. The summed E-state index contributed by atoms with van der Waals surface area (Å²) in [4.78, 5) is 0. The van der Waals surface area contributed by atoms with Crippen molar-refractivity contribution in [2.75, 3.05) is 0 Å². The number of rotatable bonds is 1. The molecule has 0 aliphatic carbocycles. The SMILES string of the molecule is C=c1ccc2c(c1)Oc1ccccc1C=2c1ccc(C)cc1. The van der Waals surface area contributed by atoms with E-state index in [0.29, 0.717) is 0 Å². The molecule has 4 rings (SSSR count). The van der Waals surface area contributed by atoms with E-state index in [9.17, 15) is 0 Å². The maximum Gasteiger partial charge on any atom is 0.135 e. The lowest BCUT2D eigenvalue weighted by atomic mass is 9.92. The topological polar surface area (TPSA) is 9.23 Å². The molecule has 0 fully saturated rings. The number of aryl methyl sites for hydroxylation is 1. The fraction of sp³-hybridized carbons (Fsp3) is 0.0476. The molecule has 1 heterocycles. The minimum Gasteiger partial charge on any atom is -0.456 e. The van der Waals surface area contributed by atoms with Gasteiger partial charge in [-0.2, -0.15) is 0 Å². The minimum atomic E-state index is 0.877. The molecule has 3 aromatic carbocycles. The van der Waals surface area contributed by atoms with Crippen LogP contribution in [0.15, 0.2) is 66.7 Å². The third-order valence-corrected chi connectivity index (χ3v) is 4.03. The summed E-state index contributed by atoms with van der Waals surface area (Å²) in [6, 6.07) is 23.0. The number of ether oxygens (including phenoxy) is 1. The summed E-state index contributed by atoms with van der Waals surface area (Å²) in [5.74, 6) is 1.78. The van der Waals surface area contributed by atoms with Crippen LogP contribution in [0.3, 0.4) is 0 Å². The number of hydrogen-bond donors (Lipinski definition) is 0. The molecule has 1 aliphatic heterocycles. The molecule has 0 bridgehead atoms. The minimum absolute atomic E-state index is 0.877. The quantitative estimate of drug-likeness (QED) is 0.517. The highest BCUT2D eigenvalue weighted by atomic mass is 16.5. The number of para-hydroxylation sites is 1. The average Bonchev–Trinajstić information content (AvgIpc) is 2.53. The Labute approximate surface area is 129 Å². The first-order valence-electron chi connectivity index (χ1n) is 7.40. The van der Waals surface area contributed by atoms with E-state index in [-0.39, 0.29) is 0 Å². The van der Waals surface area contributed by atoms with Crippen LogP contribution >= 0.6 is 0 Å². The maximum absolute atomic E-state index is 6.07. The van der Waals surface area contributed by atoms with Gasteiger partial charge in [-0.3, -0.25) is 0 Å². The summed E-state index contributed by atoms with van der Waals surface area (Å²) in [6.07, 6.45) is 0. The molecule has 3 aromatic rings. The van der Waals surface area contributed by atoms with Gasteiger partial charge in [-0.05, 0) is 29.8 Å². The zero-order chi connectivity index (χ0) is 15.1. The van der Waals surface area contributed by atoms with Crippen molar-refractivity contribution in [2.45, 2.75) is 6.92 Å². The van der Waals surface area contributed by atoms with E-state index in [0.717, 1.165) is 27.5 Å². The molecule has 22 heavy (non-hydrogen) atoms. The molecule has 0 aromatic heterocycles. The van der Waals surface area contributed by atoms with Crippen molar-refractivity contribution >= 4 is 12.2 Å². The highest BCUT2D eigenvalue weighted by molar-refractivity contribution is 5.85. The van der Waals surface area contributed by atoms with Gasteiger partial charge in [0, 0.05) is 16.4 Å². The van der Waals surface area contributed by atoms with E-state index in [4.69, 9.17) is 4.74 Å². The van der Waals surface area contributed by atoms with Gasteiger partial charge in [-0.15, -0.1) is 0 Å². The molecule has 0 atom stereocenters. The number of benzene rings is 3. The Morgan fingerprint density at radius 2 is 1.59 bits per heavy atom. The Bertz CT molecular complexity index is 966. The van der Waals surface area contributed by atoms with Crippen LogP contribution in [0.1, 0.15) is 16.7 Å². The first kappa shape index (κ1) is 12.9. The van der Waals surface area contributed by atoms with Crippen molar-refractivity contribution in [2.24, 2.45) is 0 Å². The van der Waals surface area contributed by atoms with Gasteiger partial charge >= 0.3 is 0 Å². The highest BCUT2D eigenvalue weighted by Crippen LogP contribution is 2.35. The van der Waals surface area contributed by atoms with Crippen LogP contribution < -0.4 is 15.2 Å². The first-order chi connectivity index (χ1) is 10.7. The molecular formula is C21H16O. The summed E-state index contributed by atoms with van der Waals surface area (Å²) in [6.45, 7) is 6.11. The molecule has 0 spiro atoms. The largest absolute Gasteiger partial charge is 0.456 e. The van der Waals surface area contributed by atoms with E-state index < -0.39 is 0 Å². The lowest BCUT2D eigenvalue weighted by molar-refractivity contribution is 0.472. The lowest BCUT2D eigenvalue weighted by Crippen LogP contribution is -2.19. The summed E-state index contributed by atoms with van der Waals surface area (Å²) >= 11 is 0. The van der Waals surface area contributed by atoms with E-state index in [2.05, 4.69) is 56.0 Å². The molecule has 0 saturated carbocycles. The predicted octanol–water partition coefficient (Wildman–Crippen LogP) is 3.76. The van der Waals surface area contributed by atoms with Crippen molar-refractivity contribution in [3.8, 4) is 11.5 Å². The van der Waals surface area contributed by atoms with Gasteiger partial charge in [0.15, 0.2) is 0 Å². The Morgan fingerprint density at radius 1 is 0.818 bits per heavy atom. The van der Waals surface area contributed by atoms with Crippen LogP contribution in [0.5, 0.6) is 11.5 Å². The van der Waals surface area contributed by atoms with Crippen molar-refractivity contribution in [1.82, 2.24) is 0 Å². The van der Waals surface area contributed by atoms with Crippen LogP contribution in [-0.2, 0) is 0 Å². The van der Waals surface area contributed by atoms with E-state index in [1.807, 2.05) is 24.3 Å². The molecule has 1 heteroatoms. The molecule has 1 nitrogen and oxygen atoms in total. The summed E-state index contributed by atoms with van der Waals surface area (Å²) in [5, 5.41) is 2.08. The molecule has 0 saturated heterocycles. The van der Waals surface area contributed by atoms with Gasteiger partial charge in [0.25, 0.3) is 0 Å². The van der Waals surface area contributed by atoms with Gasteiger partial charge in [0.1, 0.15) is 11.5 Å². The zero-order valence-electron chi connectivity index (χ0n) is 12.5. The monoisotopic (exact) mass is 284 g/mol. The van der Waals surface area contributed by atoms with Gasteiger partial charge in [-0.25, -0.2) is 0 Å². The third-order valence-electron chi connectivity index (χ3n) is 4.03. The maximum atomic E-state index is 6.07. The van der Waals surface area contributed by atoms with Gasteiger partial charge < -0.3 is 4.74 Å². The van der Waals surface area contributed by atoms with Crippen molar-refractivity contribution < 1.29 is 4.74 Å². The van der Waals surface area contributed by atoms with E-state index in [1.54, 1.807) is 0 Å². The van der Waals surface area contributed by atoms with E-state index in [1.165, 1.54) is 16.7 Å². The lowest BCUT2D eigenvalue weighted by Gasteiger charge is -2.21. The average molecular weight is 284 g/mol. The zero-order valence-corrected chi connectivity index (χ0v) is 12.5. The molecule has 0 N–H and O–H groups in total. The molecule has 0 unspecified atom stereocenters. The standard InChI is InChI=1S/C21H16O/c1-14-7-10-16(11-8-14)21-17-5-3-4-6-19(17)22-20-13-15(2)9-12-18(20)21/h3-13H,2H2,1H3. The molecular weight excluding hydrogens is 268 g/mol. The Balaban J connectivity index is 2.12. The first-order valence-corrected chi connectivity index (χ1v) is 7.40. The number of fused-ring (bicyclic) bond motifs is 2. The van der Waals surface area contributed by atoms with Gasteiger partial charge in [0.2, 0.25) is 0 Å². The fourth-order valence-electron chi connectivity index (χ4n) is 2.91. The second kappa shape index (κ2) is 4.88. The third kappa shape index (κ3) is 2.03. The van der Waals surface area contributed by atoms with E-state index >= 15 is 0 Å². The van der Waals surface area contributed by atoms with Crippen molar-refractivity contribution in [3.05, 3.63) is 93.9 Å². The molecule has 0 amide bonds. The highest BCUT2D eigenvalue weighted by Gasteiger charge is 2.19. The van der Waals surface area contributed by atoms with Crippen LogP contribution in [0.25, 0.3) is 12.2 Å². The second-order valence-electron chi connectivity index (χ2n) is 5.67. The predicted molar refractivity (Wildman–Crippen MR) is 90.5 cm³/mol. The Kier molecular flexibility index (Phi) is 2.87. The van der Waals surface area contributed by atoms with Crippen molar-refractivity contribution in [3.63, 3.8) is 0 Å². The van der Waals surface area contributed by atoms with Crippen LogP contribution in [0.2, 0.25) is 0 Å². The molecule has 0 radical (unpaired) electrons. The summed E-state index contributed by atoms with van der Waals surface area (Å²) in [7, 11) is 0. The Hall–Kier alpha value is -2.80.